The van der Waals surface area contributed by atoms with Crippen LogP contribution in [0.5, 0.6) is 0 Å². The summed E-state index contributed by atoms with van der Waals surface area (Å²) in [6.07, 6.45) is 0.629. The van der Waals surface area contributed by atoms with E-state index in [9.17, 15) is 9.90 Å². The van der Waals surface area contributed by atoms with Crippen LogP contribution in [-0.4, -0.2) is 42.3 Å². The SMILES string of the molecule is COC(=O)c1ccc(CN2CC[C@@H](O)C2)cc1Br. The highest BCUT2D eigenvalue weighted by Crippen LogP contribution is 2.21. The lowest BCUT2D eigenvalue weighted by Gasteiger charge is -2.15. The summed E-state index contributed by atoms with van der Waals surface area (Å²) in [7, 11) is 1.37. The van der Waals surface area contributed by atoms with Crippen molar-refractivity contribution in [1.82, 2.24) is 4.90 Å². The van der Waals surface area contributed by atoms with E-state index < -0.39 is 0 Å². The van der Waals surface area contributed by atoms with Crippen molar-refractivity contribution >= 4 is 21.9 Å². The van der Waals surface area contributed by atoms with Crippen molar-refractivity contribution in [3.63, 3.8) is 0 Å². The molecule has 0 saturated carbocycles. The monoisotopic (exact) mass is 313 g/mol. The number of likely N-dealkylation sites (tertiary alicyclic amines) is 1. The summed E-state index contributed by atoms with van der Waals surface area (Å²) >= 11 is 3.38. The molecule has 18 heavy (non-hydrogen) atoms. The average Bonchev–Trinajstić information content (AvgIpc) is 2.74. The molecule has 1 N–H and O–H groups in total. The molecule has 0 spiro atoms. The van der Waals surface area contributed by atoms with Gasteiger partial charge in [0.1, 0.15) is 0 Å². The first-order chi connectivity index (χ1) is 8.60. The zero-order valence-electron chi connectivity index (χ0n) is 10.2. The fourth-order valence-electron chi connectivity index (χ4n) is 2.15. The van der Waals surface area contributed by atoms with E-state index in [0.29, 0.717) is 5.56 Å². The maximum absolute atomic E-state index is 11.4. The van der Waals surface area contributed by atoms with Crippen molar-refractivity contribution in [2.45, 2.75) is 19.1 Å². The standard InChI is InChI=1S/C13H16BrNO3/c1-18-13(17)11-3-2-9(6-12(11)14)7-15-5-4-10(16)8-15/h2-3,6,10,16H,4-5,7-8H2,1H3/t10-/m1/s1. The Morgan fingerprint density at radius 2 is 2.39 bits per heavy atom. The molecule has 0 aliphatic carbocycles. The van der Waals surface area contributed by atoms with Crippen molar-refractivity contribution in [3.05, 3.63) is 33.8 Å². The predicted octanol–water partition coefficient (Wildman–Crippen LogP) is 1.80. The highest BCUT2D eigenvalue weighted by atomic mass is 79.9. The van der Waals surface area contributed by atoms with Gasteiger partial charge in [0.2, 0.25) is 0 Å². The molecule has 1 fully saturated rings. The van der Waals surface area contributed by atoms with E-state index in [0.717, 1.165) is 36.1 Å². The minimum absolute atomic E-state index is 0.206. The molecular formula is C13H16BrNO3. The Balaban J connectivity index is 2.07. The third-order valence-corrected chi connectivity index (χ3v) is 3.75. The van der Waals surface area contributed by atoms with E-state index >= 15 is 0 Å². The van der Waals surface area contributed by atoms with Gasteiger partial charge in [0.15, 0.2) is 0 Å². The van der Waals surface area contributed by atoms with Crippen LogP contribution in [0.2, 0.25) is 0 Å². The number of methoxy groups -OCH3 is 1. The van der Waals surface area contributed by atoms with E-state index in [1.807, 2.05) is 12.1 Å². The number of esters is 1. The van der Waals surface area contributed by atoms with Crippen LogP contribution in [0, 0.1) is 0 Å². The van der Waals surface area contributed by atoms with Gasteiger partial charge in [-0.1, -0.05) is 6.07 Å². The Labute approximate surface area is 115 Å². The summed E-state index contributed by atoms with van der Waals surface area (Å²) in [5.41, 5.74) is 1.64. The van der Waals surface area contributed by atoms with E-state index in [1.165, 1.54) is 7.11 Å². The molecule has 0 radical (unpaired) electrons. The lowest BCUT2D eigenvalue weighted by Crippen LogP contribution is -2.21. The van der Waals surface area contributed by atoms with Crippen LogP contribution in [-0.2, 0) is 11.3 Å². The molecule has 0 amide bonds. The van der Waals surface area contributed by atoms with Gasteiger partial charge in [-0.05, 0) is 40.0 Å². The first-order valence-electron chi connectivity index (χ1n) is 5.87. The predicted molar refractivity (Wildman–Crippen MR) is 71.4 cm³/mol. The lowest BCUT2D eigenvalue weighted by molar-refractivity contribution is 0.0599. The van der Waals surface area contributed by atoms with E-state index in [2.05, 4.69) is 20.8 Å². The molecule has 0 unspecified atom stereocenters. The summed E-state index contributed by atoms with van der Waals surface area (Å²) in [5.74, 6) is -0.343. The van der Waals surface area contributed by atoms with Gasteiger partial charge >= 0.3 is 5.97 Å². The third-order valence-electron chi connectivity index (χ3n) is 3.09. The largest absolute Gasteiger partial charge is 0.465 e. The summed E-state index contributed by atoms with van der Waals surface area (Å²) in [5, 5.41) is 9.47. The van der Waals surface area contributed by atoms with Crippen LogP contribution in [0.25, 0.3) is 0 Å². The van der Waals surface area contributed by atoms with Gasteiger partial charge in [0, 0.05) is 24.1 Å². The molecule has 1 atom stereocenters. The van der Waals surface area contributed by atoms with Crippen LogP contribution < -0.4 is 0 Å². The Kier molecular flexibility index (Phi) is 4.37. The molecule has 1 aromatic rings. The lowest BCUT2D eigenvalue weighted by atomic mass is 10.1. The van der Waals surface area contributed by atoms with Gasteiger partial charge in [-0.25, -0.2) is 4.79 Å². The fourth-order valence-corrected chi connectivity index (χ4v) is 2.73. The minimum atomic E-state index is -0.343. The molecule has 0 bridgehead atoms. The smallest absolute Gasteiger partial charge is 0.338 e. The number of nitrogens with zero attached hydrogens (tertiary/aromatic N) is 1. The minimum Gasteiger partial charge on any atom is -0.465 e. The topological polar surface area (TPSA) is 49.8 Å². The second kappa shape index (κ2) is 5.82. The Hall–Kier alpha value is -0.910. The van der Waals surface area contributed by atoms with Crippen LogP contribution in [0.1, 0.15) is 22.3 Å². The van der Waals surface area contributed by atoms with Crippen molar-refractivity contribution in [2.24, 2.45) is 0 Å². The van der Waals surface area contributed by atoms with Crippen molar-refractivity contribution in [2.75, 3.05) is 20.2 Å². The van der Waals surface area contributed by atoms with Gasteiger partial charge < -0.3 is 9.84 Å². The Morgan fingerprint density at radius 1 is 1.61 bits per heavy atom. The van der Waals surface area contributed by atoms with Crippen LogP contribution in [0.3, 0.4) is 0 Å². The third kappa shape index (κ3) is 3.10. The van der Waals surface area contributed by atoms with Gasteiger partial charge in [0.05, 0.1) is 18.8 Å². The van der Waals surface area contributed by atoms with E-state index in [4.69, 9.17) is 4.74 Å². The van der Waals surface area contributed by atoms with Crippen molar-refractivity contribution in [1.29, 1.82) is 0 Å². The molecule has 1 aromatic carbocycles. The van der Waals surface area contributed by atoms with Gasteiger partial charge in [-0.3, -0.25) is 4.90 Å². The average molecular weight is 314 g/mol. The second-order valence-electron chi connectivity index (χ2n) is 4.48. The zero-order chi connectivity index (χ0) is 13.1. The van der Waals surface area contributed by atoms with Gasteiger partial charge in [-0.15, -0.1) is 0 Å². The quantitative estimate of drug-likeness (QED) is 0.865. The first-order valence-corrected chi connectivity index (χ1v) is 6.66. The van der Waals surface area contributed by atoms with Crippen molar-refractivity contribution < 1.29 is 14.6 Å². The molecule has 2 rings (SSSR count). The second-order valence-corrected chi connectivity index (χ2v) is 5.34. The number of aliphatic hydroxyl groups excluding tert-OH is 1. The van der Waals surface area contributed by atoms with E-state index in [1.54, 1.807) is 6.07 Å². The van der Waals surface area contributed by atoms with Gasteiger partial charge in [-0.2, -0.15) is 0 Å². The summed E-state index contributed by atoms with van der Waals surface area (Å²) in [4.78, 5) is 13.6. The number of carbonyl (C=O) groups is 1. The molecular weight excluding hydrogens is 298 g/mol. The number of aliphatic hydroxyl groups is 1. The first kappa shape index (κ1) is 13.5. The molecule has 1 saturated heterocycles. The number of hydrogen-bond acceptors (Lipinski definition) is 4. The fraction of sp³-hybridized carbons (Fsp3) is 0.462. The molecule has 0 aromatic heterocycles. The number of β-amino-alcohol motifs (C(OH)–C–C–N with tert-alkyl or cyclic N) is 1. The number of hydrogen-bond donors (Lipinski definition) is 1. The number of ether oxygens (including phenoxy) is 1. The number of halogens is 1. The van der Waals surface area contributed by atoms with E-state index in [-0.39, 0.29) is 12.1 Å². The summed E-state index contributed by atoms with van der Waals surface area (Å²) in [6.45, 7) is 2.42. The summed E-state index contributed by atoms with van der Waals surface area (Å²) < 4.78 is 5.43. The highest BCUT2D eigenvalue weighted by molar-refractivity contribution is 9.10. The molecule has 1 aliphatic rings. The molecule has 1 heterocycles. The van der Waals surface area contributed by atoms with Crippen molar-refractivity contribution in [3.8, 4) is 0 Å². The highest BCUT2D eigenvalue weighted by Gasteiger charge is 2.20. The maximum Gasteiger partial charge on any atom is 0.338 e. The molecule has 98 valence electrons. The zero-order valence-corrected chi connectivity index (χ0v) is 11.8. The van der Waals surface area contributed by atoms with Crippen LogP contribution in [0.15, 0.2) is 22.7 Å². The van der Waals surface area contributed by atoms with Crippen LogP contribution >= 0.6 is 15.9 Å². The molecule has 5 heteroatoms. The Bertz CT molecular complexity index is 450. The number of benzene rings is 1. The van der Waals surface area contributed by atoms with Gasteiger partial charge in [0.25, 0.3) is 0 Å². The Morgan fingerprint density at radius 3 is 2.94 bits per heavy atom. The molecule has 1 aliphatic heterocycles. The number of rotatable bonds is 3. The maximum atomic E-state index is 11.4. The molecule has 4 nitrogen and oxygen atoms in total. The summed E-state index contributed by atoms with van der Waals surface area (Å²) in [6, 6.07) is 5.61. The normalized spacial score (nSPS) is 20.1. The van der Waals surface area contributed by atoms with Crippen LogP contribution in [0.4, 0.5) is 0 Å². The number of carbonyl (C=O) groups excluding carboxylic acids is 1.